The van der Waals surface area contributed by atoms with Gasteiger partial charge in [0.15, 0.2) is 0 Å². The Morgan fingerprint density at radius 2 is 2.00 bits per heavy atom. The Kier molecular flexibility index (Phi) is 3.88. The zero-order chi connectivity index (χ0) is 11.6. The maximum absolute atomic E-state index is 6.09. The Morgan fingerprint density at radius 3 is 2.50 bits per heavy atom. The molecule has 0 spiro atoms. The van der Waals surface area contributed by atoms with Crippen molar-refractivity contribution in [2.24, 2.45) is 17.1 Å². The van der Waals surface area contributed by atoms with Gasteiger partial charge in [0.25, 0.3) is 0 Å². The molecule has 16 heavy (non-hydrogen) atoms. The molecule has 0 aliphatic carbocycles. The summed E-state index contributed by atoms with van der Waals surface area (Å²) in [4.78, 5) is 2.57. The first-order valence-corrected chi connectivity index (χ1v) is 6.71. The molecule has 0 aromatic carbocycles. The molecule has 0 aromatic rings. The van der Waals surface area contributed by atoms with Crippen LogP contribution in [0.1, 0.15) is 33.1 Å². The quantitative estimate of drug-likeness (QED) is 0.792. The SMILES string of the molecule is CCC1(CN2CC(C)C(N)C2)CCOCC1. The first kappa shape index (κ1) is 12.3. The third kappa shape index (κ3) is 2.58. The van der Waals surface area contributed by atoms with Crippen molar-refractivity contribution in [3.8, 4) is 0 Å². The number of rotatable bonds is 3. The molecule has 0 bridgehead atoms. The maximum atomic E-state index is 6.09. The minimum absolute atomic E-state index is 0.383. The van der Waals surface area contributed by atoms with Crippen LogP contribution in [0.15, 0.2) is 0 Å². The molecule has 2 heterocycles. The average molecular weight is 226 g/mol. The highest BCUT2D eigenvalue weighted by Crippen LogP contribution is 2.36. The lowest BCUT2D eigenvalue weighted by Gasteiger charge is -2.39. The highest BCUT2D eigenvalue weighted by atomic mass is 16.5. The van der Waals surface area contributed by atoms with Crippen LogP contribution in [0.2, 0.25) is 0 Å². The van der Waals surface area contributed by atoms with Crippen molar-refractivity contribution < 1.29 is 4.74 Å². The van der Waals surface area contributed by atoms with Gasteiger partial charge in [-0.05, 0) is 30.6 Å². The Bertz CT molecular complexity index is 216. The summed E-state index contributed by atoms with van der Waals surface area (Å²) in [5.41, 5.74) is 6.59. The molecular weight excluding hydrogens is 200 g/mol. The molecular formula is C13H26N2O. The third-order valence-electron chi connectivity index (χ3n) is 4.61. The van der Waals surface area contributed by atoms with E-state index in [1.165, 1.54) is 32.4 Å². The van der Waals surface area contributed by atoms with E-state index in [0.29, 0.717) is 17.4 Å². The second-order valence-electron chi connectivity index (χ2n) is 5.80. The zero-order valence-electron chi connectivity index (χ0n) is 10.7. The van der Waals surface area contributed by atoms with E-state index in [-0.39, 0.29) is 0 Å². The molecule has 2 saturated heterocycles. The summed E-state index contributed by atoms with van der Waals surface area (Å²) in [7, 11) is 0. The van der Waals surface area contributed by atoms with E-state index in [1.807, 2.05) is 0 Å². The van der Waals surface area contributed by atoms with Gasteiger partial charge in [-0.25, -0.2) is 0 Å². The van der Waals surface area contributed by atoms with Crippen LogP contribution in [-0.2, 0) is 4.74 Å². The van der Waals surface area contributed by atoms with Crippen molar-refractivity contribution in [3.63, 3.8) is 0 Å². The van der Waals surface area contributed by atoms with E-state index < -0.39 is 0 Å². The predicted molar refractivity (Wildman–Crippen MR) is 66.4 cm³/mol. The van der Waals surface area contributed by atoms with Gasteiger partial charge in [0.1, 0.15) is 0 Å². The molecule has 2 rings (SSSR count). The topological polar surface area (TPSA) is 38.5 Å². The summed E-state index contributed by atoms with van der Waals surface area (Å²) in [6.07, 6.45) is 3.73. The molecule has 2 atom stereocenters. The van der Waals surface area contributed by atoms with E-state index in [2.05, 4.69) is 18.7 Å². The van der Waals surface area contributed by atoms with E-state index in [1.54, 1.807) is 0 Å². The van der Waals surface area contributed by atoms with Crippen LogP contribution in [0.25, 0.3) is 0 Å². The smallest absolute Gasteiger partial charge is 0.0471 e. The van der Waals surface area contributed by atoms with Gasteiger partial charge >= 0.3 is 0 Å². The molecule has 0 amide bonds. The van der Waals surface area contributed by atoms with Crippen molar-refractivity contribution in [1.82, 2.24) is 4.90 Å². The van der Waals surface area contributed by atoms with E-state index in [4.69, 9.17) is 10.5 Å². The fourth-order valence-electron chi connectivity index (χ4n) is 3.13. The second kappa shape index (κ2) is 5.03. The summed E-state index contributed by atoms with van der Waals surface area (Å²) in [5, 5.41) is 0. The van der Waals surface area contributed by atoms with Crippen LogP contribution in [0.4, 0.5) is 0 Å². The van der Waals surface area contributed by atoms with Crippen molar-refractivity contribution in [2.75, 3.05) is 32.8 Å². The van der Waals surface area contributed by atoms with E-state index in [0.717, 1.165) is 19.8 Å². The van der Waals surface area contributed by atoms with Crippen molar-refractivity contribution in [1.29, 1.82) is 0 Å². The molecule has 0 radical (unpaired) electrons. The molecule has 94 valence electrons. The van der Waals surface area contributed by atoms with Gasteiger partial charge in [-0.2, -0.15) is 0 Å². The van der Waals surface area contributed by atoms with Gasteiger partial charge in [0.2, 0.25) is 0 Å². The highest BCUT2D eigenvalue weighted by molar-refractivity contribution is 4.90. The van der Waals surface area contributed by atoms with E-state index in [9.17, 15) is 0 Å². The van der Waals surface area contributed by atoms with Crippen LogP contribution in [-0.4, -0.2) is 43.8 Å². The number of hydrogen-bond donors (Lipinski definition) is 1. The van der Waals surface area contributed by atoms with Crippen LogP contribution >= 0.6 is 0 Å². The predicted octanol–water partition coefficient (Wildman–Crippen LogP) is 1.47. The van der Waals surface area contributed by atoms with Crippen LogP contribution in [0.5, 0.6) is 0 Å². The Hall–Kier alpha value is -0.120. The summed E-state index contributed by atoms with van der Waals surface area (Å²) in [6, 6.07) is 0.383. The number of hydrogen-bond acceptors (Lipinski definition) is 3. The minimum Gasteiger partial charge on any atom is -0.381 e. The van der Waals surface area contributed by atoms with Crippen molar-refractivity contribution in [2.45, 2.75) is 39.2 Å². The highest BCUT2D eigenvalue weighted by Gasteiger charge is 2.36. The third-order valence-corrected chi connectivity index (χ3v) is 4.61. The molecule has 0 aromatic heterocycles. The summed E-state index contributed by atoms with van der Waals surface area (Å²) >= 11 is 0. The van der Waals surface area contributed by atoms with Gasteiger partial charge in [-0.15, -0.1) is 0 Å². The molecule has 2 N–H and O–H groups in total. The molecule has 3 heteroatoms. The zero-order valence-corrected chi connectivity index (χ0v) is 10.7. The fraction of sp³-hybridized carbons (Fsp3) is 1.00. The van der Waals surface area contributed by atoms with Gasteiger partial charge in [-0.1, -0.05) is 13.8 Å². The number of nitrogens with two attached hydrogens (primary N) is 1. The molecule has 0 saturated carbocycles. The Labute approximate surface area is 99.3 Å². The Balaban J connectivity index is 1.91. The Morgan fingerprint density at radius 1 is 1.31 bits per heavy atom. The second-order valence-corrected chi connectivity index (χ2v) is 5.80. The normalized spacial score (nSPS) is 35.4. The standard InChI is InChI=1S/C13H26N2O/c1-3-13(4-6-16-7-5-13)10-15-8-11(2)12(14)9-15/h11-12H,3-10,14H2,1-2H3. The van der Waals surface area contributed by atoms with Gasteiger partial charge in [-0.3, -0.25) is 0 Å². The van der Waals surface area contributed by atoms with Crippen molar-refractivity contribution >= 4 is 0 Å². The van der Waals surface area contributed by atoms with Gasteiger partial charge in [0, 0.05) is 38.9 Å². The molecule has 2 aliphatic rings. The summed E-state index contributed by atoms with van der Waals surface area (Å²) in [5.74, 6) is 0.661. The lowest BCUT2D eigenvalue weighted by molar-refractivity contribution is -0.00396. The van der Waals surface area contributed by atoms with Crippen LogP contribution < -0.4 is 5.73 Å². The van der Waals surface area contributed by atoms with Crippen LogP contribution in [0, 0.1) is 11.3 Å². The largest absolute Gasteiger partial charge is 0.381 e. The number of nitrogens with zero attached hydrogens (tertiary/aromatic N) is 1. The van der Waals surface area contributed by atoms with E-state index >= 15 is 0 Å². The monoisotopic (exact) mass is 226 g/mol. The minimum atomic E-state index is 0.383. The lowest BCUT2D eigenvalue weighted by Crippen LogP contribution is -2.41. The molecule has 2 aliphatic heterocycles. The number of likely N-dealkylation sites (tertiary alicyclic amines) is 1. The van der Waals surface area contributed by atoms with Gasteiger partial charge in [0.05, 0.1) is 0 Å². The maximum Gasteiger partial charge on any atom is 0.0471 e. The molecule has 2 fully saturated rings. The lowest BCUT2D eigenvalue weighted by atomic mass is 9.77. The molecule has 3 nitrogen and oxygen atoms in total. The fourth-order valence-corrected chi connectivity index (χ4v) is 3.13. The number of ether oxygens (including phenoxy) is 1. The average Bonchev–Trinajstić information content (AvgIpc) is 2.59. The first-order valence-electron chi connectivity index (χ1n) is 6.71. The van der Waals surface area contributed by atoms with Crippen molar-refractivity contribution in [3.05, 3.63) is 0 Å². The first-order chi connectivity index (χ1) is 7.65. The van der Waals surface area contributed by atoms with Gasteiger partial charge < -0.3 is 15.4 Å². The van der Waals surface area contributed by atoms with Crippen LogP contribution in [0.3, 0.4) is 0 Å². The summed E-state index contributed by atoms with van der Waals surface area (Å²) < 4.78 is 5.49. The summed E-state index contributed by atoms with van der Waals surface area (Å²) in [6.45, 7) is 9.99. The molecule has 2 unspecified atom stereocenters.